The first-order valence-electron chi connectivity index (χ1n) is 4.24. The Kier molecular flexibility index (Phi) is 77.4. The van der Waals surface area contributed by atoms with Crippen molar-refractivity contribution < 1.29 is 4.28 Å². The molecule has 0 radical (unpaired) electrons. The van der Waals surface area contributed by atoms with Crippen LogP contribution in [-0.2, 0) is 0 Å². The Morgan fingerprint density at radius 1 is 0.556 bits per heavy atom. The summed E-state index contributed by atoms with van der Waals surface area (Å²) in [4.78, 5) is 0. The summed E-state index contributed by atoms with van der Waals surface area (Å²) in [5.41, 5.74) is 0. The predicted molar refractivity (Wildman–Crippen MR) is 54.2 cm³/mol. The molecular formula is C9H30. The van der Waals surface area contributed by atoms with E-state index in [1.807, 2.05) is 0 Å². The van der Waals surface area contributed by atoms with Crippen molar-refractivity contribution in [1.82, 2.24) is 0 Å². The predicted octanol–water partition coefficient (Wildman–Crippen LogP) is 4.99. The first-order valence-corrected chi connectivity index (χ1v) is 4.24. The Morgan fingerprint density at radius 2 is 0.556 bits per heavy atom. The van der Waals surface area contributed by atoms with Gasteiger partial charge in [0.1, 0.15) is 0 Å². The topological polar surface area (TPSA) is 0 Å². The van der Waals surface area contributed by atoms with Gasteiger partial charge in [0, 0.05) is 4.28 Å². The van der Waals surface area contributed by atoms with E-state index in [-0.39, 0.29) is 4.28 Å². The number of hydrogen-bond acceptors (Lipinski definition) is 0. The third kappa shape index (κ3) is 0. The minimum absolute atomic E-state index is 0. The fourth-order valence-electron chi connectivity index (χ4n) is 0. The molecular weight excluding hydrogens is 108 g/mol. The second-order valence-electron chi connectivity index (χ2n) is 2.12. The van der Waals surface area contributed by atoms with Gasteiger partial charge in [0.05, 0.1) is 0 Å². The fourth-order valence-corrected chi connectivity index (χ4v) is 0. The van der Waals surface area contributed by atoms with Crippen LogP contribution in [0.2, 0.25) is 0 Å². The van der Waals surface area contributed by atoms with Gasteiger partial charge in [-0.15, -0.1) is 0 Å². The lowest BCUT2D eigenvalue weighted by molar-refractivity contribution is 1.09. The van der Waals surface area contributed by atoms with Crippen LogP contribution in [0.1, 0.15) is 65.1 Å². The lowest BCUT2D eigenvalue weighted by atomic mass is 10.6. The first-order chi connectivity index (χ1) is 4.24. The largest absolute Gasteiger partial charge is 0.0656 e. The summed E-state index contributed by atoms with van der Waals surface area (Å²) in [6.07, 6.45) is 3.75. The molecule has 0 fully saturated rings. The summed E-state index contributed by atoms with van der Waals surface area (Å²) >= 11 is 0. The Balaban J connectivity index is -0.00000001000. The fraction of sp³-hybridized carbons (Fsp3) is 1.00. The van der Waals surface area contributed by atoms with Crippen molar-refractivity contribution in [2.24, 2.45) is 0 Å². The van der Waals surface area contributed by atoms with Gasteiger partial charge in [-0.3, -0.25) is 0 Å². The van der Waals surface area contributed by atoms with Crippen LogP contribution in [-0.4, -0.2) is 0 Å². The molecule has 0 aromatic rings. The van der Waals surface area contributed by atoms with Gasteiger partial charge in [0.2, 0.25) is 0 Å². The summed E-state index contributed by atoms with van der Waals surface area (Å²) in [6, 6.07) is 0. The number of hydrogen-bond donors (Lipinski definition) is 0. The Hall–Kier alpha value is 0. The molecule has 0 aliphatic rings. The van der Waals surface area contributed by atoms with Crippen molar-refractivity contribution in [3.05, 3.63) is 0 Å². The van der Waals surface area contributed by atoms with Crippen molar-refractivity contribution in [2.45, 2.75) is 60.8 Å². The normalized spacial score (nSPS) is 6.00. The average molecular weight is 138 g/mol. The standard InChI is InChI=1S/3C3H8.3H2/c3*1-3-2;;;/h3*3H2,1-2H3;3*1H. The van der Waals surface area contributed by atoms with E-state index in [0.29, 0.717) is 0 Å². The van der Waals surface area contributed by atoms with E-state index in [2.05, 4.69) is 41.5 Å². The van der Waals surface area contributed by atoms with Crippen molar-refractivity contribution in [3.8, 4) is 0 Å². The second kappa shape index (κ2) is 43.6. The highest BCUT2D eigenvalue weighted by Crippen LogP contribution is 1.56. The molecule has 0 aromatic heterocycles. The van der Waals surface area contributed by atoms with Crippen molar-refractivity contribution in [2.75, 3.05) is 0 Å². The Bertz CT molecular complexity index is 14.5. The average Bonchev–Trinajstić information content (AvgIpc) is 1.70. The summed E-state index contributed by atoms with van der Waals surface area (Å²) in [6.45, 7) is 12.8. The van der Waals surface area contributed by atoms with E-state index in [1.165, 1.54) is 19.3 Å². The van der Waals surface area contributed by atoms with Gasteiger partial charge < -0.3 is 0 Å². The first kappa shape index (κ1) is 16.0. The SMILES string of the molecule is CCC.CCC.CCC.[HH].[HH].[HH]. The minimum atomic E-state index is 0. The highest BCUT2D eigenvalue weighted by molar-refractivity contribution is 3.92. The third-order valence-corrected chi connectivity index (χ3v) is 0. The zero-order valence-electron chi connectivity index (χ0n) is 8.12. The molecule has 0 rings (SSSR count). The molecule has 0 amide bonds. The highest BCUT2D eigenvalue weighted by Gasteiger charge is 1.36. The molecule has 0 spiro atoms. The molecule has 0 unspecified atom stereocenters. The molecule has 0 N–H and O–H groups in total. The summed E-state index contributed by atoms with van der Waals surface area (Å²) < 4.78 is 0. The van der Waals surface area contributed by atoms with E-state index in [1.54, 1.807) is 0 Å². The molecule has 0 heterocycles. The van der Waals surface area contributed by atoms with Crippen LogP contribution in [0.4, 0.5) is 0 Å². The van der Waals surface area contributed by atoms with E-state index in [0.717, 1.165) is 0 Å². The van der Waals surface area contributed by atoms with Crippen LogP contribution in [0.25, 0.3) is 0 Å². The van der Waals surface area contributed by atoms with Crippen LogP contribution in [0, 0.1) is 0 Å². The van der Waals surface area contributed by atoms with Gasteiger partial charge in [-0.25, -0.2) is 0 Å². The zero-order valence-corrected chi connectivity index (χ0v) is 8.12. The lowest BCUT2D eigenvalue weighted by Gasteiger charge is -1.48. The Morgan fingerprint density at radius 3 is 0.556 bits per heavy atom. The minimum Gasteiger partial charge on any atom is -0.0656 e. The van der Waals surface area contributed by atoms with Gasteiger partial charge in [-0.1, -0.05) is 60.8 Å². The van der Waals surface area contributed by atoms with Gasteiger partial charge in [-0.2, -0.15) is 0 Å². The molecule has 0 aliphatic heterocycles. The molecule has 0 aromatic carbocycles. The van der Waals surface area contributed by atoms with E-state index >= 15 is 0 Å². The van der Waals surface area contributed by atoms with Gasteiger partial charge >= 0.3 is 0 Å². The lowest BCUT2D eigenvalue weighted by Crippen LogP contribution is -1.27. The second-order valence-corrected chi connectivity index (χ2v) is 2.12. The number of rotatable bonds is 0. The van der Waals surface area contributed by atoms with Crippen LogP contribution in [0.5, 0.6) is 0 Å². The highest BCUT2D eigenvalue weighted by atomic mass is 13.4. The van der Waals surface area contributed by atoms with Crippen LogP contribution in [0.15, 0.2) is 0 Å². The molecule has 0 saturated heterocycles. The van der Waals surface area contributed by atoms with Gasteiger partial charge in [0.15, 0.2) is 0 Å². The van der Waals surface area contributed by atoms with E-state index in [9.17, 15) is 0 Å². The van der Waals surface area contributed by atoms with Crippen molar-refractivity contribution in [3.63, 3.8) is 0 Å². The van der Waals surface area contributed by atoms with Crippen molar-refractivity contribution in [1.29, 1.82) is 0 Å². The van der Waals surface area contributed by atoms with Crippen LogP contribution in [0.3, 0.4) is 0 Å². The van der Waals surface area contributed by atoms with Gasteiger partial charge in [-0.05, 0) is 0 Å². The summed E-state index contributed by atoms with van der Waals surface area (Å²) in [5.74, 6) is 0. The smallest absolute Gasteiger partial charge is 0 e. The summed E-state index contributed by atoms with van der Waals surface area (Å²) in [7, 11) is 0. The molecule has 0 atom stereocenters. The molecule has 66 valence electrons. The molecule has 0 bridgehead atoms. The molecule has 0 heteroatoms. The van der Waals surface area contributed by atoms with Crippen LogP contribution >= 0.6 is 0 Å². The monoisotopic (exact) mass is 138 g/mol. The molecule has 0 nitrogen and oxygen atoms in total. The van der Waals surface area contributed by atoms with E-state index in [4.69, 9.17) is 0 Å². The molecule has 0 aliphatic carbocycles. The quantitative estimate of drug-likeness (QED) is 0.442. The van der Waals surface area contributed by atoms with Crippen molar-refractivity contribution >= 4 is 0 Å². The maximum Gasteiger partial charge on any atom is 0 e. The molecule has 0 saturated carbocycles. The maximum atomic E-state index is 2.12. The Labute approximate surface area is 66.1 Å². The molecule has 9 heavy (non-hydrogen) atoms. The van der Waals surface area contributed by atoms with Crippen LogP contribution < -0.4 is 0 Å². The summed E-state index contributed by atoms with van der Waals surface area (Å²) in [5, 5.41) is 0. The van der Waals surface area contributed by atoms with Gasteiger partial charge in [0.25, 0.3) is 0 Å². The third-order valence-electron chi connectivity index (χ3n) is 0. The van der Waals surface area contributed by atoms with E-state index < -0.39 is 0 Å². The zero-order chi connectivity index (χ0) is 8.12. The maximum absolute atomic E-state index is 2.12.